The highest BCUT2D eigenvalue weighted by Crippen LogP contribution is 2.15. The number of aromatic nitrogens is 1. The highest BCUT2D eigenvalue weighted by Gasteiger charge is 2.10. The molecule has 0 bridgehead atoms. The second-order valence-electron chi connectivity index (χ2n) is 4.17. The largest absolute Gasteiger partial charge is 0.384 e. The zero-order valence-corrected chi connectivity index (χ0v) is 10.4. The number of aryl methyl sites for hydroxylation is 1. The molecule has 0 aliphatic rings. The molecule has 0 saturated carbocycles. The summed E-state index contributed by atoms with van der Waals surface area (Å²) in [4.78, 5) is 16.0. The predicted octanol–water partition coefficient (Wildman–Crippen LogP) is 2.53. The fourth-order valence-electron chi connectivity index (χ4n) is 1.67. The molecule has 0 fully saturated rings. The SMILES string of the molecule is Cc1cccc(C(=O)Nc2ccc(N)nc2)c1C. The van der Waals surface area contributed by atoms with Crippen LogP contribution in [-0.2, 0) is 0 Å². The van der Waals surface area contributed by atoms with Crippen molar-refractivity contribution < 1.29 is 4.79 Å². The number of pyridine rings is 1. The van der Waals surface area contributed by atoms with Crippen molar-refractivity contribution in [1.29, 1.82) is 0 Å². The minimum Gasteiger partial charge on any atom is -0.384 e. The second-order valence-corrected chi connectivity index (χ2v) is 4.17. The third-order valence-electron chi connectivity index (χ3n) is 2.89. The number of amides is 1. The van der Waals surface area contributed by atoms with Gasteiger partial charge in [-0.3, -0.25) is 4.79 Å². The molecule has 3 N–H and O–H groups in total. The van der Waals surface area contributed by atoms with Gasteiger partial charge in [0.2, 0.25) is 0 Å². The van der Waals surface area contributed by atoms with Crippen LogP contribution in [0.2, 0.25) is 0 Å². The van der Waals surface area contributed by atoms with E-state index >= 15 is 0 Å². The lowest BCUT2D eigenvalue weighted by Crippen LogP contribution is -2.14. The monoisotopic (exact) mass is 241 g/mol. The summed E-state index contributed by atoms with van der Waals surface area (Å²) < 4.78 is 0. The Balaban J connectivity index is 2.22. The van der Waals surface area contributed by atoms with Crippen LogP contribution in [0.15, 0.2) is 36.5 Å². The summed E-state index contributed by atoms with van der Waals surface area (Å²) in [6.07, 6.45) is 1.54. The molecule has 0 aliphatic heterocycles. The third-order valence-corrected chi connectivity index (χ3v) is 2.89. The van der Waals surface area contributed by atoms with E-state index in [1.165, 1.54) is 0 Å². The Kier molecular flexibility index (Phi) is 3.28. The first kappa shape index (κ1) is 12.1. The Labute approximate surface area is 106 Å². The Morgan fingerprint density at radius 2 is 2.00 bits per heavy atom. The lowest BCUT2D eigenvalue weighted by molar-refractivity contribution is 0.102. The van der Waals surface area contributed by atoms with Crippen molar-refractivity contribution in [3.63, 3.8) is 0 Å². The van der Waals surface area contributed by atoms with Crippen LogP contribution >= 0.6 is 0 Å². The molecule has 0 aliphatic carbocycles. The van der Waals surface area contributed by atoms with Gasteiger partial charge in [0, 0.05) is 5.56 Å². The molecule has 1 heterocycles. The number of hydrogen-bond acceptors (Lipinski definition) is 3. The van der Waals surface area contributed by atoms with E-state index in [4.69, 9.17) is 5.73 Å². The van der Waals surface area contributed by atoms with Gasteiger partial charge in [0.25, 0.3) is 5.91 Å². The van der Waals surface area contributed by atoms with Gasteiger partial charge in [0.1, 0.15) is 5.82 Å². The molecule has 0 radical (unpaired) electrons. The van der Waals surface area contributed by atoms with E-state index in [0.29, 0.717) is 17.1 Å². The van der Waals surface area contributed by atoms with E-state index in [2.05, 4.69) is 10.3 Å². The Morgan fingerprint density at radius 1 is 1.22 bits per heavy atom. The Morgan fingerprint density at radius 3 is 2.67 bits per heavy atom. The molecule has 2 aromatic rings. The minimum atomic E-state index is -0.136. The van der Waals surface area contributed by atoms with E-state index in [-0.39, 0.29) is 5.91 Å². The lowest BCUT2D eigenvalue weighted by atomic mass is 10.0. The highest BCUT2D eigenvalue weighted by atomic mass is 16.1. The maximum atomic E-state index is 12.1. The van der Waals surface area contributed by atoms with Gasteiger partial charge in [-0.1, -0.05) is 12.1 Å². The smallest absolute Gasteiger partial charge is 0.255 e. The quantitative estimate of drug-likeness (QED) is 0.849. The second kappa shape index (κ2) is 4.87. The molecule has 1 aromatic carbocycles. The van der Waals surface area contributed by atoms with Gasteiger partial charge in [-0.05, 0) is 43.2 Å². The molecule has 1 aromatic heterocycles. The molecule has 2 rings (SSSR count). The summed E-state index contributed by atoms with van der Waals surface area (Å²) in [6.45, 7) is 3.92. The zero-order chi connectivity index (χ0) is 13.1. The standard InChI is InChI=1S/C14H15N3O/c1-9-4-3-5-12(10(9)2)14(18)17-11-6-7-13(15)16-8-11/h3-8H,1-2H3,(H2,15,16)(H,17,18). The van der Waals surface area contributed by atoms with Crippen LogP contribution < -0.4 is 11.1 Å². The van der Waals surface area contributed by atoms with Crippen molar-refractivity contribution in [2.75, 3.05) is 11.1 Å². The van der Waals surface area contributed by atoms with Crippen LogP contribution in [0.25, 0.3) is 0 Å². The van der Waals surface area contributed by atoms with Crippen LogP contribution in [-0.4, -0.2) is 10.9 Å². The van der Waals surface area contributed by atoms with E-state index in [0.717, 1.165) is 11.1 Å². The molecule has 0 spiro atoms. The van der Waals surface area contributed by atoms with E-state index in [1.807, 2.05) is 32.0 Å². The number of carbonyl (C=O) groups is 1. The Bertz CT molecular complexity index is 576. The summed E-state index contributed by atoms with van der Waals surface area (Å²) in [6, 6.07) is 9.04. The van der Waals surface area contributed by atoms with E-state index < -0.39 is 0 Å². The van der Waals surface area contributed by atoms with Gasteiger partial charge in [0.15, 0.2) is 0 Å². The summed E-state index contributed by atoms with van der Waals surface area (Å²) >= 11 is 0. The highest BCUT2D eigenvalue weighted by molar-refractivity contribution is 6.05. The number of carbonyl (C=O) groups excluding carboxylic acids is 1. The number of anilines is 2. The van der Waals surface area contributed by atoms with Crippen molar-refractivity contribution in [3.8, 4) is 0 Å². The minimum absolute atomic E-state index is 0.136. The van der Waals surface area contributed by atoms with Gasteiger partial charge in [-0.25, -0.2) is 4.98 Å². The third kappa shape index (κ3) is 2.48. The normalized spacial score (nSPS) is 10.1. The average Bonchev–Trinajstić information content (AvgIpc) is 2.35. The molecule has 4 heteroatoms. The number of nitrogens with one attached hydrogen (secondary N) is 1. The molecule has 0 atom stereocenters. The molecule has 92 valence electrons. The molecular weight excluding hydrogens is 226 g/mol. The van der Waals surface area contributed by atoms with Gasteiger partial charge in [-0.15, -0.1) is 0 Å². The van der Waals surface area contributed by atoms with Crippen molar-refractivity contribution in [2.24, 2.45) is 0 Å². The zero-order valence-electron chi connectivity index (χ0n) is 10.4. The van der Waals surface area contributed by atoms with Gasteiger partial charge < -0.3 is 11.1 Å². The van der Waals surface area contributed by atoms with Crippen molar-refractivity contribution >= 4 is 17.4 Å². The van der Waals surface area contributed by atoms with Gasteiger partial charge in [0.05, 0.1) is 11.9 Å². The molecular formula is C14H15N3O. The lowest BCUT2D eigenvalue weighted by Gasteiger charge is -2.09. The van der Waals surface area contributed by atoms with Gasteiger partial charge in [-0.2, -0.15) is 0 Å². The number of rotatable bonds is 2. The molecule has 0 saturated heterocycles. The first-order valence-corrected chi connectivity index (χ1v) is 5.67. The Hall–Kier alpha value is -2.36. The molecule has 0 unspecified atom stereocenters. The number of nitrogens with zero attached hydrogens (tertiary/aromatic N) is 1. The van der Waals surface area contributed by atoms with E-state index in [9.17, 15) is 4.79 Å². The molecule has 4 nitrogen and oxygen atoms in total. The summed E-state index contributed by atoms with van der Waals surface area (Å²) in [7, 11) is 0. The van der Waals surface area contributed by atoms with Crippen LogP contribution in [0.1, 0.15) is 21.5 Å². The summed E-state index contributed by atoms with van der Waals surface area (Å²) in [5.74, 6) is 0.294. The number of nitrogen functional groups attached to an aromatic ring is 1. The molecule has 18 heavy (non-hydrogen) atoms. The first-order chi connectivity index (χ1) is 8.58. The first-order valence-electron chi connectivity index (χ1n) is 5.67. The van der Waals surface area contributed by atoms with Gasteiger partial charge >= 0.3 is 0 Å². The van der Waals surface area contributed by atoms with Crippen molar-refractivity contribution in [3.05, 3.63) is 53.2 Å². The predicted molar refractivity (Wildman–Crippen MR) is 72.5 cm³/mol. The fraction of sp³-hybridized carbons (Fsp3) is 0.143. The van der Waals surface area contributed by atoms with Crippen molar-refractivity contribution in [2.45, 2.75) is 13.8 Å². The van der Waals surface area contributed by atoms with Crippen LogP contribution in [0.5, 0.6) is 0 Å². The van der Waals surface area contributed by atoms with Crippen LogP contribution in [0.3, 0.4) is 0 Å². The van der Waals surface area contributed by atoms with Crippen LogP contribution in [0, 0.1) is 13.8 Å². The topological polar surface area (TPSA) is 68.0 Å². The maximum Gasteiger partial charge on any atom is 0.255 e. The van der Waals surface area contributed by atoms with E-state index in [1.54, 1.807) is 18.3 Å². The average molecular weight is 241 g/mol. The van der Waals surface area contributed by atoms with Crippen LogP contribution in [0.4, 0.5) is 11.5 Å². The summed E-state index contributed by atoms with van der Waals surface area (Å²) in [5, 5.41) is 2.80. The number of hydrogen-bond donors (Lipinski definition) is 2. The molecule has 1 amide bonds. The maximum absolute atomic E-state index is 12.1. The number of benzene rings is 1. The van der Waals surface area contributed by atoms with Crippen molar-refractivity contribution in [1.82, 2.24) is 4.98 Å². The number of nitrogens with two attached hydrogens (primary N) is 1. The fourth-order valence-corrected chi connectivity index (χ4v) is 1.67. The summed E-state index contributed by atoms with van der Waals surface area (Å²) in [5.41, 5.74) is 8.88.